The van der Waals surface area contributed by atoms with Gasteiger partial charge in [0, 0.05) is 41.0 Å². The number of carbonyl (C=O) groups excluding carboxylic acids is 1. The SMILES string of the molecule is CCCc1cc(C)[nH]c(=O)c1CNC(=O)c1cc(-c2cccc3ccccc23)c2ccn(C(C)C)c2c1C. The van der Waals surface area contributed by atoms with E-state index < -0.39 is 0 Å². The van der Waals surface area contributed by atoms with Crippen molar-refractivity contribution in [1.82, 2.24) is 14.9 Å². The first-order valence-corrected chi connectivity index (χ1v) is 13.4. The number of H-pyrrole nitrogens is 1. The van der Waals surface area contributed by atoms with Gasteiger partial charge in [-0.2, -0.15) is 0 Å². The molecule has 5 aromatic rings. The Morgan fingerprint density at radius 2 is 1.74 bits per heavy atom. The zero-order chi connectivity index (χ0) is 27.0. The molecule has 5 rings (SSSR count). The minimum absolute atomic E-state index is 0.133. The second-order valence-electron chi connectivity index (χ2n) is 10.4. The summed E-state index contributed by atoms with van der Waals surface area (Å²) in [4.78, 5) is 29.4. The molecule has 1 amide bonds. The van der Waals surface area contributed by atoms with Crippen molar-refractivity contribution in [2.24, 2.45) is 0 Å². The van der Waals surface area contributed by atoms with Crippen LogP contribution in [0.5, 0.6) is 0 Å². The van der Waals surface area contributed by atoms with Crippen molar-refractivity contribution in [2.45, 2.75) is 60.0 Å². The number of amides is 1. The second-order valence-corrected chi connectivity index (χ2v) is 10.4. The highest BCUT2D eigenvalue weighted by Crippen LogP contribution is 2.38. The van der Waals surface area contributed by atoms with Gasteiger partial charge in [-0.05, 0) is 85.3 Å². The molecule has 0 atom stereocenters. The largest absolute Gasteiger partial charge is 0.348 e. The molecule has 3 aromatic carbocycles. The lowest BCUT2D eigenvalue weighted by atomic mass is 9.92. The molecule has 5 heteroatoms. The molecule has 0 radical (unpaired) electrons. The normalized spacial score (nSPS) is 11.5. The summed E-state index contributed by atoms with van der Waals surface area (Å²) in [5, 5.41) is 6.51. The van der Waals surface area contributed by atoms with Crippen molar-refractivity contribution >= 4 is 27.6 Å². The standard InChI is InChI=1S/C33H35N3O2/c1-6-10-24-17-21(4)35-33(38)30(24)19-34-32(37)28-18-29(26-14-9-12-23-11-7-8-13-25(23)26)27-15-16-36(20(2)3)31(27)22(28)5/h7-9,11-18,20H,6,10,19H2,1-5H3,(H,34,37)(H,35,38). The first-order valence-electron chi connectivity index (χ1n) is 13.4. The van der Waals surface area contributed by atoms with Crippen LogP contribution in [0.4, 0.5) is 0 Å². The number of aromatic nitrogens is 2. The lowest BCUT2D eigenvalue weighted by Crippen LogP contribution is -2.29. The van der Waals surface area contributed by atoms with Crippen LogP contribution in [0.2, 0.25) is 0 Å². The average Bonchev–Trinajstić information content (AvgIpc) is 3.35. The Bertz CT molecular complexity index is 1720. The quantitative estimate of drug-likeness (QED) is 0.245. The molecule has 2 N–H and O–H groups in total. The van der Waals surface area contributed by atoms with Gasteiger partial charge < -0.3 is 14.9 Å². The number of carbonyl (C=O) groups is 1. The summed E-state index contributed by atoms with van der Waals surface area (Å²) < 4.78 is 2.24. The Morgan fingerprint density at radius 3 is 2.50 bits per heavy atom. The van der Waals surface area contributed by atoms with E-state index in [4.69, 9.17) is 0 Å². The number of aromatic amines is 1. The highest BCUT2D eigenvalue weighted by Gasteiger charge is 2.21. The van der Waals surface area contributed by atoms with E-state index in [2.05, 4.69) is 84.3 Å². The second kappa shape index (κ2) is 10.3. The maximum absolute atomic E-state index is 13.7. The number of pyridine rings is 1. The Kier molecular flexibility index (Phi) is 6.94. The molecule has 0 aliphatic heterocycles. The van der Waals surface area contributed by atoms with E-state index in [9.17, 15) is 9.59 Å². The van der Waals surface area contributed by atoms with E-state index >= 15 is 0 Å². The van der Waals surface area contributed by atoms with Crippen LogP contribution < -0.4 is 10.9 Å². The molecule has 0 bridgehead atoms. The molecule has 0 fully saturated rings. The fourth-order valence-corrected chi connectivity index (χ4v) is 5.60. The van der Waals surface area contributed by atoms with Gasteiger partial charge in [0.05, 0.1) is 5.52 Å². The molecule has 0 aliphatic rings. The third-order valence-electron chi connectivity index (χ3n) is 7.44. The van der Waals surface area contributed by atoms with Gasteiger partial charge in [-0.25, -0.2) is 0 Å². The monoisotopic (exact) mass is 505 g/mol. The topological polar surface area (TPSA) is 66.9 Å². The number of nitrogens with one attached hydrogen (secondary N) is 2. The van der Waals surface area contributed by atoms with Gasteiger partial charge in [-0.1, -0.05) is 55.8 Å². The van der Waals surface area contributed by atoms with Crippen molar-refractivity contribution in [2.75, 3.05) is 0 Å². The van der Waals surface area contributed by atoms with Gasteiger partial charge in [0.15, 0.2) is 0 Å². The van der Waals surface area contributed by atoms with Crippen LogP contribution in [0.15, 0.2) is 71.7 Å². The van der Waals surface area contributed by atoms with Crippen molar-refractivity contribution in [3.63, 3.8) is 0 Å². The van der Waals surface area contributed by atoms with E-state index in [0.29, 0.717) is 11.1 Å². The maximum atomic E-state index is 13.7. The Labute approximate surface area is 223 Å². The van der Waals surface area contributed by atoms with E-state index in [1.807, 2.05) is 32.0 Å². The van der Waals surface area contributed by atoms with E-state index in [-0.39, 0.29) is 24.1 Å². The van der Waals surface area contributed by atoms with Gasteiger partial charge in [0.25, 0.3) is 11.5 Å². The predicted octanol–water partition coefficient (Wildman–Crippen LogP) is 7.23. The van der Waals surface area contributed by atoms with Crippen LogP contribution in [0, 0.1) is 13.8 Å². The van der Waals surface area contributed by atoms with Crippen molar-refractivity contribution in [3.8, 4) is 11.1 Å². The van der Waals surface area contributed by atoms with Crippen LogP contribution in [0.25, 0.3) is 32.8 Å². The van der Waals surface area contributed by atoms with Crippen molar-refractivity contribution in [3.05, 3.63) is 105 Å². The molecular formula is C33H35N3O2. The Hall–Kier alpha value is -4.12. The number of hydrogen-bond donors (Lipinski definition) is 2. The van der Waals surface area contributed by atoms with E-state index in [1.165, 1.54) is 0 Å². The summed E-state index contributed by atoms with van der Waals surface area (Å²) in [7, 11) is 0. The molecule has 2 aromatic heterocycles. The molecule has 0 aliphatic carbocycles. The van der Waals surface area contributed by atoms with Crippen molar-refractivity contribution in [1.29, 1.82) is 0 Å². The van der Waals surface area contributed by atoms with Crippen molar-refractivity contribution < 1.29 is 4.79 Å². The average molecular weight is 506 g/mol. The Balaban J connectivity index is 1.64. The van der Waals surface area contributed by atoms with Gasteiger partial charge >= 0.3 is 0 Å². The summed E-state index contributed by atoms with van der Waals surface area (Å²) in [6, 6.07) is 21.1. The summed E-state index contributed by atoms with van der Waals surface area (Å²) in [5.41, 5.74) is 7.09. The lowest BCUT2D eigenvalue weighted by molar-refractivity contribution is 0.0950. The molecule has 0 saturated heterocycles. The van der Waals surface area contributed by atoms with Gasteiger partial charge in [0.2, 0.25) is 0 Å². The first-order chi connectivity index (χ1) is 18.3. The van der Waals surface area contributed by atoms with Crippen LogP contribution in [-0.4, -0.2) is 15.5 Å². The molecule has 2 heterocycles. The number of rotatable bonds is 7. The van der Waals surface area contributed by atoms with Gasteiger partial charge in [-0.3, -0.25) is 9.59 Å². The van der Waals surface area contributed by atoms with E-state index in [0.717, 1.165) is 62.5 Å². The number of hydrogen-bond acceptors (Lipinski definition) is 2. The summed E-state index contributed by atoms with van der Waals surface area (Å²) in [5.74, 6) is -0.176. The highest BCUT2D eigenvalue weighted by molar-refractivity contribution is 6.10. The molecule has 5 nitrogen and oxygen atoms in total. The van der Waals surface area contributed by atoms with Gasteiger partial charge in [0.1, 0.15) is 0 Å². The zero-order valence-electron chi connectivity index (χ0n) is 22.8. The summed E-state index contributed by atoms with van der Waals surface area (Å²) in [6.07, 6.45) is 3.84. The first kappa shape index (κ1) is 25.5. The number of benzene rings is 3. The summed E-state index contributed by atoms with van der Waals surface area (Å²) >= 11 is 0. The smallest absolute Gasteiger partial charge is 0.253 e. The highest BCUT2D eigenvalue weighted by atomic mass is 16.1. The molecule has 0 saturated carbocycles. The molecule has 38 heavy (non-hydrogen) atoms. The van der Waals surface area contributed by atoms with Crippen LogP contribution in [-0.2, 0) is 13.0 Å². The number of nitrogens with zero attached hydrogens (tertiary/aromatic N) is 1. The maximum Gasteiger partial charge on any atom is 0.253 e. The number of fused-ring (bicyclic) bond motifs is 2. The molecule has 0 spiro atoms. The Morgan fingerprint density at radius 1 is 0.974 bits per heavy atom. The lowest BCUT2D eigenvalue weighted by Gasteiger charge is -2.18. The third kappa shape index (κ3) is 4.53. The zero-order valence-corrected chi connectivity index (χ0v) is 22.8. The predicted molar refractivity (Wildman–Crippen MR) is 157 cm³/mol. The van der Waals surface area contributed by atoms with Crippen LogP contribution >= 0.6 is 0 Å². The summed E-state index contributed by atoms with van der Waals surface area (Å²) in [6.45, 7) is 10.5. The third-order valence-corrected chi connectivity index (χ3v) is 7.44. The van der Waals surface area contributed by atoms with Crippen LogP contribution in [0.1, 0.15) is 66.0 Å². The molecule has 0 unspecified atom stereocenters. The molecular weight excluding hydrogens is 470 g/mol. The fourth-order valence-electron chi connectivity index (χ4n) is 5.60. The van der Waals surface area contributed by atoms with Crippen LogP contribution in [0.3, 0.4) is 0 Å². The van der Waals surface area contributed by atoms with Gasteiger partial charge in [-0.15, -0.1) is 0 Å². The fraction of sp³-hybridized carbons (Fsp3) is 0.273. The minimum atomic E-state index is -0.176. The minimum Gasteiger partial charge on any atom is -0.348 e. The molecule has 194 valence electrons. The van der Waals surface area contributed by atoms with E-state index in [1.54, 1.807) is 0 Å². The number of aryl methyl sites for hydroxylation is 3.